The van der Waals surface area contributed by atoms with E-state index in [1.54, 1.807) is 0 Å². The number of hydrogen-bond donors (Lipinski definition) is 1. The van der Waals surface area contributed by atoms with Gasteiger partial charge in [-0.25, -0.2) is 0 Å². The summed E-state index contributed by atoms with van der Waals surface area (Å²) in [7, 11) is 0. The Labute approximate surface area is 86.6 Å². The van der Waals surface area contributed by atoms with Crippen LogP contribution in [0, 0.1) is 10.1 Å². The van der Waals surface area contributed by atoms with Crippen molar-refractivity contribution in [1.82, 2.24) is 0 Å². The van der Waals surface area contributed by atoms with Gasteiger partial charge in [-0.05, 0) is 6.07 Å². The van der Waals surface area contributed by atoms with Gasteiger partial charge in [0.25, 0.3) is 5.69 Å². The van der Waals surface area contributed by atoms with Crippen molar-refractivity contribution in [2.24, 2.45) is 0 Å². The summed E-state index contributed by atoms with van der Waals surface area (Å²) in [5, 5.41) is 9.67. The molecule has 0 radical (unpaired) electrons. The average Bonchev–Trinajstić information content (AvgIpc) is 2.00. The first-order valence-corrected chi connectivity index (χ1v) is 3.92. The third-order valence-electron chi connectivity index (χ3n) is 1.65. The van der Waals surface area contributed by atoms with Crippen LogP contribution in [0.3, 0.4) is 0 Å². The quantitative estimate of drug-likeness (QED) is 0.466. The standard InChI is InChI=1S/C7H4ClF3N2O2/c8-3-1-2-4(13(14)15)6(12)5(3)7(9,10)11/h1-2H,12H2. The summed E-state index contributed by atoms with van der Waals surface area (Å²) in [6.45, 7) is 0. The van der Waals surface area contributed by atoms with Crippen molar-refractivity contribution in [2.75, 3.05) is 5.73 Å². The summed E-state index contributed by atoms with van der Waals surface area (Å²) in [5.41, 5.74) is 1.86. The fourth-order valence-electron chi connectivity index (χ4n) is 1.03. The van der Waals surface area contributed by atoms with Gasteiger partial charge in [0.2, 0.25) is 0 Å². The second kappa shape index (κ2) is 3.58. The minimum atomic E-state index is -4.81. The first kappa shape index (κ1) is 11.6. The smallest absolute Gasteiger partial charge is 0.393 e. The number of nitrogen functional groups attached to an aromatic ring is 1. The zero-order valence-corrected chi connectivity index (χ0v) is 7.76. The van der Waals surface area contributed by atoms with Crippen molar-refractivity contribution >= 4 is 23.0 Å². The van der Waals surface area contributed by atoms with Crippen LogP contribution in [0.2, 0.25) is 5.02 Å². The van der Waals surface area contributed by atoms with E-state index in [0.717, 1.165) is 12.1 Å². The second-order valence-corrected chi connectivity index (χ2v) is 3.02. The Hall–Kier alpha value is -1.50. The maximum atomic E-state index is 12.4. The summed E-state index contributed by atoms with van der Waals surface area (Å²) in [4.78, 5) is 9.33. The minimum Gasteiger partial charge on any atom is -0.393 e. The molecule has 4 nitrogen and oxygen atoms in total. The molecule has 1 rings (SSSR count). The Balaban J connectivity index is 3.51. The normalized spacial score (nSPS) is 11.5. The van der Waals surface area contributed by atoms with E-state index >= 15 is 0 Å². The lowest BCUT2D eigenvalue weighted by atomic mass is 10.1. The van der Waals surface area contributed by atoms with Crippen molar-refractivity contribution in [3.63, 3.8) is 0 Å². The molecule has 0 heterocycles. The monoisotopic (exact) mass is 240 g/mol. The number of alkyl halides is 3. The average molecular weight is 241 g/mol. The SMILES string of the molecule is Nc1c([N+](=O)[O-])ccc(Cl)c1C(F)(F)F. The lowest BCUT2D eigenvalue weighted by Crippen LogP contribution is -2.11. The highest BCUT2D eigenvalue weighted by Crippen LogP contribution is 2.42. The molecule has 8 heteroatoms. The third-order valence-corrected chi connectivity index (χ3v) is 1.97. The zero-order chi connectivity index (χ0) is 11.8. The maximum Gasteiger partial charge on any atom is 0.420 e. The number of nitro groups is 1. The molecule has 0 aliphatic rings. The van der Waals surface area contributed by atoms with Crippen molar-refractivity contribution in [3.05, 3.63) is 32.8 Å². The number of halogens is 4. The lowest BCUT2D eigenvalue weighted by Gasteiger charge is -2.11. The molecule has 0 bridgehead atoms. The van der Waals surface area contributed by atoms with Gasteiger partial charge in [0, 0.05) is 6.07 Å². The van der Waals surface area contributed by atoms with Gasteiger partial charge < -0.3 is 5.73 Å². The molecule has 0 aliphatic heterocycles. The van der Waals surface area contributed by atoms with Crippen LogP contribution >= 0.6 is 11.6 Å². The van der Waals surface area contributed by atoms with E-state index in [2.05, 4.69) is 0 Å². The fraction of sp³-hybridized carbons (Fsp3) is 0.143. The van der Waals surface area contributed by atoms with Crippen LogP contribution in [-0.4, -0.2) is 4.92 Å². The highest BCUT2D eigenvalue weighted by Gasteiger charge is 2.38. The van der Waals surface area contributed by atoms with Gasteiger partial charge in [0.15, 0.2) is 0 Å². The fourth-order valence-corrected chi connectivity index (χ4v) is 1.30. The number of rotatable bonds is 1. The Kier molecular flexibility index (Phi) is 2.76. The number of nitro benzene ring substituents is 1. The van der Waals surface area contributed by atoms with Gasteiger partial charge in [0.05, 0.1) is 9.95 Å². The van der Waals surface area contributed by atoms with Crippen LogP contribution in [-0.2, 0) is 6.18 Å². The Morgan fingerprint density at radius 3 is 2.33 bits per heavy atom. The summed E-state index contributed by atoms with van der Waals surface area (Å²) < 4.78 is 37.1. The van der Waals surface area contributed by atoms with Crippen LogP contribution in [0.25, 0.3) is 0 Å². The number of nitrogens with two attached hydrogens (primary N) is 1. The molecule has 0 aliphatic carbocycles. The highest BCUT2D eigenvalue weighted by molar-refractivity contribution is 6.32. The van der Waals surface area contributed by atoms with E-state index in [4.69, 9.17) is 17.3 Å². The summed E-state index contributed by atoms with van der Waals surface area (Å²) in [6, 6.07) is 1.62. The zero-order valence-electron chi connectivity index (χ0n) is 7.01. The topological polar surface area (TPSA) is 69.2 Å². The predicted molar refractivity (Wildman–Crippen MR) is 47.5 cm³/mol. The molecule has 0 aromatic heterocycles. The summed E-state index contributed by atoms with van der Waals surface area (Å²) >= 11 is 5.27. The minimum absolute atomic E-state index is 0.661. The van der Waals surface area contributed by atoms with Crippen LogP contribution in [0.4, 0.5) is 24.5 Å². The van der Waals surface area contributed by atoms with E-state index < -0.39 is 33.1 Å². The number of benzene rings is 1. The Morgan fingerprint density at radius 2 is 1.93 bits per heavy atom. The van der Waals surface area contributed by atoms with Gasteiger partial charge >= 0.3 is 6.18 Å². The molecular formula is C7H4ClF3N2O2. The summed E-state index contributed by atoms with van der Waals surface area (Å²) in [6.07, 6.45) is -4.81. The van der Waals surface area contributed by atoms with Gasteiger partial charge in [-0.1, -0.05) is 11.6 Å². The Bertz CT molecular complexity index is 419. The molecule has 0 atom stereocenters. The van der Waals surface area contributed by atoms with E-state index in [9.17, 15) is 23.3 Å². The van der Waals surface area contributed by atoms with Crippen molar-refractivity contribution < 1.29 is 18.1 Å². The van der Waals surface area contributed by atoms with Crippen LogP contribution < -0.4 is 5.73 Å². The molecule has 1 aromatic carbocycles. The Morgan fingerprint density at radius 1 is 1.40 bits per heavy atom. The molecule has 0 amide bonds. The maximum absolute atomic E-state index is 12.4. The van der Waals surface area contributed by atoms with Gasteiger partial charge in [-0.15, -0.1) is 0 Å². The van der Waals surface area contributed by atoms with Crippen LogP contribution in [0.1, 0.15) is 5.56 Å². The van der Waals surface area contributed by atoms with Crippen molar-refractivity contribution in [1.29, 1.82) is 0 Å². The first-order valence-electron chi connectivity index (χ1n) is 3.54. The van der Waals surface area contributed by atoms with Gasteiger partial charge in [0.1, 0.15) is 11.3 Å². The lowest BCUT2D eigenvalue weighted by molar-refractivity contribution is -0.384. The van der Waals surface area contributed by atoms with E-state index in [0.29, 0.717) is 0 Å². The second-order valence-electron chi connectivity index (χ2n) is 2.61. The predicted octanol–water partition coefficient (Wildman–Crippen LogP) is 2.85. The van der Waals surface area contributed by atoms with Crippen LogP contribution in [0.5, 0.6) is 0 Å². The molecule has 2 N–H and O–H groups in total. The molecule has 0 saturated carbocycles. The largest absolute Gasteiger partial charge is 0.420 e. The molecule has 0 spiro atoms. The van der Waals surface area contributed by atoms with Crippen LogP contribution in [0.15, 0.2) is 12.1 Å². The van der Waals surface area contributed by atoms with Gasteiger partial charge in [-0.3, -0.25) is 10.1 Å². The van der Waals surface area contributed by atoms with Gasteiger partial charge in [-0.2, -0.15) is 13.2 Å². The molecule has 82 valence electrons. The molecule has 0 fully saturated rings. The highest BCUT2D eigenvalue weighted by atomic mass is 35.5. The first-order chi connectivity index (χ1) is 6.75. The number of anilines is 1. The molecule has 0 saturated heterocycles. The summed E-state index contributed by atoms with van der Waals surface area (Å²) in [5.74, 6) is 0. The van der Waals surface area contributed by atoms with E-state index in [-0.39, 0.29) is 0 Å². The van der Waals surface area contributed by atoms with Crippen molar-refractivity contribution in [2.45, 2.75) is 6.18 Å². The molecule has 1 aromatic rings. The van der Waals surface area contributed by atoms with E-state index in [1.807, 2.05) is 0 Å². The van der Waals surface area contributed by atoms with E-state index in [1.165, 1.54) is 0 Å². The molecular weight excluding hydrogens is 237 g/mol. The molecule has 15 heavy (non-hydrogen) atoms. The number of hydrogen-bond acceptors (Lipinski definition) is 3. The number of nitrogens with zero attached hydrogens (tertiary/aromatic N) is 1. The third kappa shape index (κ3) is 2.12. The molecule has 0 unspecified atom stereocenters. The van der Waals surface area contributed by atoms with Crippen molar-refractivity contribution in [3.8, 4) is 0 Å².